The molecule has 2 aromatic rings. The lowest BCUT2D eigenvalue weighted by molar-refractivity contribution is -0.129. The van der Waals surface area contributed by atoms with Crippen molar-refractivity contribution < 1.29 is 9.53 Å². The van der Waals surface area contributed by atoms with Crippen LogP contribution in [-0.4, -0.2) is 11.9 Å². The molecule has 94 valence electrons. The van der Waals surface area contributed by atoms with Crippen molar-refractivity contribution in [1.29, 1.82) is 0 Å². The summed E-state index contributed by atoms with van der Waals surface area (Å²) < 4.78 is 5.83. The first-order chi connectivity index (χ1) is 9.22. The highest BCUT2D eigenvalue weighted by molar-refractivity contribution is 7.17. The second-order valence-electron chi connectivity index (χ2n) is 3.84. The fourth-order valence-electron chi connectivity index (χ4n) is 1.65. The molecular weight excluding hydrogens is 282 g/mol. The normalized spacial score (nSPS) is 16.6. The molecule has 1 aliphatic heterocycles. The molecule has 0 spiro atoms. The summed E-state index contributed by atoms with van der Waals surface area (Å²) in [5, 5.41) is 0. The van der Waals surface area contributed by atoms with Crippen LogP contribution in [0.2, 0.25) is 4.34 Å². The molecule has 19 heavy (non-hydrogen) atoms. The largest absolute Gasteiger partial charge is 0.402 e. The van der Waals surface area contributed by atoms with E-state index in [0.717, 1.165) is 10.4 Å². The Kier molecular flexibility index (Phi) is 3.19. The van der Waals surface area contributed by atoms with E-state index in [1.165, 1.54) is 11.3 Å². The van der Waals surface area contributed by atoms with Crippen LogP contribution >= 0.6 is 22.9 Å². The van der Waals surface area contributed by atoms with Crippen LogP contribution < -0.4 is 0 Å². The summed E-state index contributed by atoms with van der Waals surface area (Å²) in [5.41, 5.74) is 1.07. The number of hydrogen-bond donors (Lipinski definition) is 0. The van der Waals surface area contributed by atoms with E-state index in [9.17, 15) is 4.79 Å². The molecule has 0 fully saturated rings. The summed E-state index contributed by atoms with van der Waals surface area (Å²) in [7, 11) is 0. The van der Waals surface area contributed by atoms with Crippen LogP contribution in [0, 0.1) is 0 Å². The third-order valence-electron chi connectivity index (χ3n) is 2.51. The first-order valence-electron chi connectivity index (χ1n) is 5.56. The lowest BCUT2D eigenvalue weighted by atomic mass is 10.2. The SMILES string of the molecule is O=C1OC(c2ccccc2)=N/C1=C\c1ccc(Cl)s1. The smallest absolute Gasteiger partial charge is 0.363 e. The summed E-state index contributed by atoms with van der Waals surface area (Å²) in [6.45, 7) is 0. The van der Waals surface area contributed by atoms with Crippen molar-refractivity contribution in [3.63, 3.8) is 0 Å². The summed E-state index contributed by atoms with van der Waals surface area (Å²) in [5.74, 6) is -0.108. The number of cyclic esters (lactones) is 1. The molecular formula is C14H8ClNO2S. The van der Waals surface area contributed by atoms with Gasteiger partial charge < -0.3 is 4.74 Å². The highest BCUT2D eigenvalue weighted by atomic mass is 35.5. The molecule has 0 radical (unpaired) electrons. The van der Waals surface area contributed by atoms with E-state index in [1.807, 2.05) is 36.4 Å². The zero-order chi connectivity index (χ0) is 13.2. The number of nitrogens with zero attached hydrogens (tertiary/aromatic N) is 1. The van der Waals surface area contributed by atoms with Crippen LogP contribution in [0.5, 0.6) is 0 Å². The van der Waals surface area contributed by atoms with Crippen molar-refractivity contribution in [3.8, 4) is 0 Å². The van der Waals surface area contributed by atoms with E-state index in [4.69, 9.17) is 16.3 Å². The van der Waals surface area contributed by atoms with E-state index in [-0.39, 0.29) is 5.70 Å². The Morgan fingerprint density at radius 1 is 1.16 bits per heavy atom. The van der Waals surface area contributed by atoms with E-state index < -0.39 is 5.97 Å². The Bertz CT molecular complexity index is 688. The molecule has 2 heterocycles. The molecule has 0 saturated carbocycles. The number of benzene rings is 1. The van der Waals surface area contributed by atoms with Crippen molar-refractivity contribution in [2.75, 3.05) is 0 Å². The van der Waals surface area contributed by atoms with Gasteiger partial charge >= 0.3 is 5.97 Å². The van der Waals surface area contributed by atoms with Crippen molar-refractivity contribution in [2.45, 2.75) is 0 Å². The van der Waals surface area contributed by atoms with Gasteiger partial charge in [-0.3, -0.25) is 0 Å². The Labute approximate surface area is 118 Å². The van der Waals surface area contributed by atoms with Gasteiger partial charge in [0, 0.05) is 10.4 Å². The third kappa shape index (κ3) is 2.59. The maximum absolute atomic E-state index is 11.7. The predicted octanol–water partition coefficient (Wildman–Crippen LogP) is 3.75. The number of thiophene rings is 1. The van der Waals surface area contributed by atoms with Crippen LogP contribution in [0.4, 0.5) is 0 Å². The van der Waals surface area contributed by atoms with Gasteiger partial charge in [-0.05, 0) is 30.3 Å². The van der Waals surface area contributed by atoms with Crippen molar-refractivity contribution in [3.05, 3.63) is 62.9 Å². The summed E-state index contributed by atoms with van der Waals surface area (Å²) in [6.07, 6.45) is 1.68. The van der Waals surface area contributed by atoms with Gasteiger partial charge in [0.15, 0.2) is 5.70 Å². The molecule has 0 atom stereocenters. The summed E-state index contributed by atoms with van der Waals surface area (Å²) in [6, 6.07) is 12.9. The minimum atomic E-state index is -0.441. The quantitative estimate of drug-likeness (QED) is 0.624. The maximum Gasteiger partial charge on any atom is 0.363 e. The van der Waals surface area contributed by atoms with Crippen LogP contribution in [0.3, 0.4) is 0 Å². The van der Waals surface area contributed by atoms with Crippen LogP contribution in [0.15, 0.2) is 53.2 Å². The third-order valence-corrected chi connectivity index (χ3v) is 3.69. The van der Waals surface area contributed by atoms with Gasteiger partial charge in [0.2, 0.25) is 5.90 Å². The molecule has 0 amide bonds. The van der Waals surface area contributed by atoms with Gasteiger partial charge in [-0.1, -0.05) is 29.8 Å². The average Bonchev–Trinajstić information content (AvgIpc) is 2.98. The lowest BCUT2D eigenvalue weighted by Gasteiger charge is -1.97. The fraction of sp³-hybridized carbons (Fsp3) is 0. The number of carbonyl (C=O) groups excluding carboxylic acids is 1. The monoisotopic (exact) mass is 289 g/mol. The minimum Gasteiger partial charge on any atom is -0.402 e. The number of halogens is 1. The Morgan fingerprint density at radius 3 is 2.63 bits per heavy atom. The van der Waals surface area contributed by atoms with E-state index in [1.54, 1.807) is 12.1 Å². The molecule has 1 aliphatic rings. The zero-order valence-corrected chi connectivity index (χ0v) is 11.2. The molecule has 0 saturated heterocycles. The second-order valence-corrected chi connectivity index (χ2v) is 5.59. The second kappa shape index (κ2) is 4.99. The van der Waals surface area contributed by atoms with Gasteiger partial charge in [-0.25, -0.2) is 9.79 Å². The molecule has 0 bridgehead atoms. The Balaban J connectivity index is 1.94. The molecule has 1 aromatic heterocycles. The van der Waals surface area contributed by atoms with Gasteiger partial charge in [0.1, 0.15) is 0 Å². The van der Waals surface area contributed by atoms with Crippen molar-refractivity contribution in [1.82, 2.24) is 0 Å². The molecule has 0 aliphatic carbocycles. The van der Waals surface area contributed by atoms with Gasteiger partial charge in [0.05, 0.1) is 4.34 Å². The van der Waals surface area contributed by atoms with Gasteiger partial charge in [-0.15, -0.1) is 11.3 Å². The highest BCUT2D eigenvalue weighted by Crippen LogP contribution is 2.25. The number of rotatable bonds is 2. The first kappa shape index (κ1) is 12.1. The van der Waals surface area contributed by atoms with Crippen LogP contribution in [0.1, 0.15) is 10.4 Å². The molecule has 0 unspecified atom stereocenters. The lowest BCUT2D eigenvalue weighted by Crippen LogP contribution is -2.04. The number of hydrogen-bond acceptors (Lipinski definition) is 4. The fourth-order valence-corrected chi connectivity index (χ4v) is 2.65. The first-order valence-corrected chi connectivity index (χ1v) is 6.75. The molecule has 5 heteroatoms. The standard InChI is InChI=1S/C14H8ClNO2S/c15-12-7-6-10(19-12)8-11-14(17)18-13(16-11)9-4-2-1-3-5-9/h1-8H/b11-8-. The van der Waals surface area contributed by atoms with E-state index in [2.05, 4.69) is 4.99 Å². The van der Waals surface area contributed by atoms with Crippen molar-refractivity contribution in [2.24, 2.45) is 4.99 Å². The van der Waals surface area contributed by atoms with Crippen molar-refractivity contribution >= 4 is 40.9 Å². The van der Waals surface area contributed by atoms with E-state index in [0.29, 0.717) is 10.2 Å². The Morgan fingerprint density at radius 2 is 1.95 bits per heavy atom. The number of carbonyl (C=O) groups is 1. The Hall–Kier alpha value is -1.91. The molecule has 1 aromatic carbocycles. The summed E-state index contributed by atoms with van der Waals surface area (Å²) >= 11 is 7.23. The average molecular weight is 290 g/mol. The van der Waals surface area contributed by atoms with E-state index >= 15 is 0 Å². The maximum atomic E-state index is 11.7. The van der Waals surface area contributed by atoms with Crippen LogP contribution in [-0.2, 0) is 9.53 Å². The number of esters is 1. The molecule has 3 rings (SSSR count). The van der Waals surface area contributed by atoms with Gasteiger partial charge in [-0.2, -0.15) is 0 Å². The number of aliphatic imine (C=N–C) groups is 1. The molecule has 0 N–H and O–H groups in total. The topological polar surface area (TPSA) is 38.7 Å². The number of ether oxygens (including phenoxy) is 1. The molecule has 3 nitrogen and oxygen atoms in total. The van der Waals surface area contributed by atoms with Gasteiger partial charge in [0.25, 0.3) is 0 Å². The summed E-state index contributed by atoms with van der Waals surface area (Å²) in [4.78, 5) is 16.8. The highest BCUT2D eigenvalue weighted by Gasteiger charge is 2.23. The minimum absolute atomic E-state index is 0.289. The predicted molar refractivity (Wildman–Crippen MR) is 76.4 cm³/mol. The van der Waals surface area contributed by atoms with Crippen LogP contribution in [0.25, 0.3) is 6.08 Å². The zero-order valence-electron chi connectivity index (χ0n) is 9.67.